The molecule has 0 aliphatic carbocycles. The largest absolute Gasteiger partial charge is 0.465 e. The van der Waals surface area contributed by atoms with E-state index in [0.29, 0.717) is 11.0 Å². The van der Waals surface area contributed by atoms with Gasteiger partial charge in [0.1, 0.15) is 0 Å². The standard InChI is InChI=1S/C10H10F2N2O6S/c1-13(10(15)16)5-6-4-7(14(17)18)2-3-8(6)21(19,20)9(11)12/h2-4,9H,5H2,1H3,(H,15,16). The highest BCUT2D eigenvalue weighted by atomic mass is 32.2. The summed E-state index contributed by atoms with van der Waals surface area (Å²) in [6.45, 7) is -0.585. The molecule has 0 aliphatic heterocycles. The topological polar surface area (TPSA) is 118 Å². The molecule has 0 saturated heterocycles. The second-order valence-corrected chi connectivity index (χ2v) is 5.88. The van der Waals surface area contributed by atoms with Crippen LogP contribution in [0.2, 0.25) is 0 Å². The molecule has 1 rings (SSSR count). The summed E-state index contributed by atoms with van der Waals surface area (Å²) in [6.07, 6.45) is -1.44. The van der Waals surface area contributed by atoms with Crippen molar-refractivity contribution in [3.63, 3.8) is 0 Å². The van der Waals surface area contributed by atoms with Crippen LogP contribution in [0.3, 0.4) is 0 Å². The zero-order valence-corrected chi connectivity index (χ0v) is 11.4. The van der Waals surface area contributed by atoms with Gasteiger partial charge in [0.05, 0.1) is 16.4 Å². The molecule has 11 heteroatoms. The first-order chi connectivity index (χ1) is 9.57. The summed E-state index contributed by atoms with van der Waals surface area (Å²) in [5.41, 5.74) is -0.925. The number of nitro groups is 1. The summed E-state index contributed by atoms with van der Waals surface area (Å²) in [7, 11) is -3.93. The Morgan fingerprint density at radius 3 is 2.48 bits per heavy atom. The van der Waals surface area contributed by atoms with Crippen LogP contribution in [0, 0.1) is 10.1 Å². The van der Waals surface area contributed by atoms with E-state index in [1.807, 2.05) is 0 Å². The Morgan fingerprint density at radius 2 is 2.05 bits per heavy atom. The molecule has 116 valence electrons. The lowest BCUT2D eigenvalue weighted by molar-refractivity contribution is -0.385. The van der Waals surface area contributed by atoms with Gasteiger partial charge in [-0.05, 0) is 11.6 Å². The third kappa shape index (κ3) is 3.62. The van der Waals surface area contributed by atoms with E-state index in [2.05, 4.69) is 0 Å². The lowest BCUT2D eigenvalue weighted by Gasteiger charge is -2.15. The maximum absolute atomic E-state index is 12.6. The van der Waals surface area contributed by atoms with Crippen LogP contribution in [-0.2, 0) is 16.4 Å². The van der Waals surface area contributed by atoms with Crippen LogP contribution in [0.15, 0.2) is 23.1 Å². The van der Waals surface area contributed by atoms with Gasteiger partial charge in [-0.1, -0.05) is 0 Å². The summed E-state index contributed by atoms with van der Waals surface area (Å²) < 4.78 is 48.2. The fourth-order valence-electron chi connectivity index (χ4n) is 1.50. The SMILES string of the molecule is CN(Cc1cc([N+](=O)[O-])ccc1S(=O)(=O)C(F)F)C(=O)O. The number of non-ortho nitro benzene ring substituents is 1. The van der Waals surface area contributed by atoms with E-state index in [-0.39, 0.29) is 0 Å². The average molecular weight is 324 g/mol. The third-order valence-electron chi connectivity index (χ3n) is 2.53. The highest BCUT2D eigenvalue weighted by Gasteiger charge is 2.30. The molecule has 0 fully saturated rings. The summed E-state index contributed by atoms with van der Waals surface area (Å²) >= 11 is 0. The molecule has 0 atom stereocenters. The van der Waals surface area contributed by atoms with Crippen LogP contribution in [0.1, 0.15) is 5.56 Å². The maximum atomic E-state index is 12.6. The van der Waals surface area contributed by atoms with Crippen LogP contribution in [0.25, 0.3) is 0 Å². The van der Waals surface area contributed by atoms with Gasteiger partial charge in [-0.15, -0.1) is 0 Å². The minimum atomic E-state index is -5.00. The molecule has 0 spiro atoms. The van der Waals surface area contributed by atoms with E-state index in [4.69, 9.17) is 5.11 Å². The first-order valence-corrected chi connectivity index (χ1v) is 6.85. The number of rotatable bonds is 5. The third-order valence-corrected chi connectivity index (χ3v) is 4.01. The molecule has 0 unspecified atom stereocenters. The van der Waals surface area contributed by atoms with E-state index < -0.39 is 49.3 Å². The Hall–Kier alpha value is -2.30. The Kier molecular flexibility index (Phi) is 4.78. The molecular formula is C10H10F2N2O6S. The van der Waals surface area contributed by atoms with Gasteiger partial charge < -0.3 is 10.0 Å². The molecule has 1 aromatic carbocycles. The molecular weight excluding hydrogens is 314 g/mol. The van der Waals surface area contributed by atoms with Crippen LogP contribution >= 0.6 is 0 Å². The Balaban J connectivity index is 3.44. The van der Waals surface area contributed by atoms with E-state index in [9.17, 15) is 32.1 Å². The fraction of sp³-hybridized carbons (Fsp3) is 0.300. The number of carboxylic acid groups (broad SMARTS) is 1. The monoisotopic (exact) mass is 324 g/mol. The summed E-state index contributed by atoms with van der Waals surface area (Å²) in [5.74, 6) is -3.71. The Labute approximate surface area is 117 Å². The van der Waals surface area contributed by atoms with Crippen molar-refractivity contribution >= 4 is 21.6 Å². The molecule has 1 N–H and O–H groups in total. The number of hydrogen-bond acceptors (Lipinski definition) is 5. The highest BCUT2D eigenvalue weighted by molar-refractivity contribution is 7.91. The van der Waals surface area contributed by atoms with Crippen molar-refractivity contribution in [1.29, 1.82) is 0 Å². The van der Waals surface area contributed by atoms with E-state index in [1.165, 1.54) is 0 Å². The Bertz CT molecular complexity index is 676. The predicted molar refractivity (Wildman–Crippen MR) is 65.8 cm³/mol. The molecule has 0 aliphatic rings. The predicted octanol–water partition coefficient (Wildman–Crippen LogP) is 1.70. The van der Waals surface area contributed by atoms with E-state index in [0.717, 1.165) is 19.2 Å². The normalized spacial score (nSPS) is 11.4. The molecule has 0 radical (unpaired) electrons. The zero-order valence-electron chi connectivity index (χ0n) is 10.6. The molecule has 0 heterocycles. The van der Waals surface area contributed by atoms with Crippen molar-refractivity contribution in [3.05, 3.63) is 33.9 Å². The van der Waals surface area contributed by atoms with Crippen LogP contribution in [0.5, 0.6) is 0 Å². The lowest BCUT2D eigenvalue weighted by atomic mass is 10.2. The molecule has 0 saturated carbocycles. The van der Waals surface area contributed by atoms with Crippen molar-refractivity contribution < 1.29 is 32.0 Å². The lowest BCUT2D eigenvalue weighted by Crippen LogP contribution is -2.25. The number of sulfone groups is 1. The van der Waals surface area contributed by atoms with Crippen molar-refractivity contribution in [3.8, 4) is 0 Å². The minimum absolute atomic E-state index is 0.394. The maximum Gasteiger partial charge on any atom is 0.407 e. The summed E-state index contributed by atoms with van der Waals surface area (Å²) in [5, 5.41) is 19.4. The average Bonchev–Trinajstić information content (AvgIpc) is 2.37. The smallest absolute Gasteiger partial charge is 0.407 e. The number of benzene rings is 1. The van der Waals surface area contributed by atoms with E-state index in [1.54, 1.807) is 0 Å². The quantitative estimate of drug-likeness (QED) is 0.650. The number of nitro benzene ring substituents is 1. The minimum Gasteiger partial charge on any atom is -0.465 e. The summed E-state index contributed by atoms with van der Waals surface area (Å²) in [6, 6.07) is 2.19. The van der Waals surface area contributed by atoms with Crippen molar-refractivity contribution in [2.45, 2.75) is 17.2 Å². The number of hydrogen-bond donors (Lipinski definition) is 1. The number of amides is 1. The fourth-order valence-corrected chi connectivity index (χ4v) is 2.44. The molecule has 1 amide bonds. The highest BCUT2D eigenvalue weighted by Crippen LogP contribution is 2.27. The van der Waals surface area contributed by atoms with Crippen molar-refractivity contribution in [2.75, 3.05) is 7.05 Å². The molecule has 21 heavy (non-hydrogen) atoms. The second-order valence-electron chi connectivity index (χ2n) is 3.99. The van der Waals surface area contributed by atoms with Gasteiger partial charge in [0.2, 0.25) is 9.84 Å². The van der Waals surface area contributed by atoms with Crippen LogP contribution in [0.4, 0.5) is 19.3 Å². The van der Waals surface area contributed by atoms with Gasteiger partial charge in [-0.2, -0.15) is 8.78 Å². The first kappa shape index (κ1) is 16.8. The van der Waals surface area contributed by atoms with Crippen molar-refractivity contribution in [2.24, 2.45) is 0 Å². The number of halogens is 2. The van der Waals surface area contributed by atoms with Gasteiger partial charge in [0, 0.05) is 19.2 Å². The molecule has 0 aromatic heterocycles. The second kappa shape index (κ2) is 5.99. The first-order valence-electron chi connectivity index (χ1n) is 5.30. The van der Waals surface area contributed by atoms with Crippen LogP contribution in [-0.4, -0.2) is 42.2 Å². The summed E-state index contributed by atoms with van der Waals surface area (Å²) in [4.78, 5) is 20.3. The number of nitrogens with zero attached hydrogens (tertiary/aromatic N) is 2. The van der Waals surface area contributed by atoms with Gasteiger partial charge in [-0.3, -0.25) is 10.1 Å². The number of alkyl halides is 2. The van der Waals surface area contributed by atoms with Gasteiger partial charge >= 0.3 is 11.9 Å². The zero-order chi connectivity index (χ0) is 16.4. The van der Waals surface area contributed by atoms with E-state index >= 15 is 0 Å². The van der Waals surface area contributed by atoms with Gasteiger partial charge in [0.15, 0.2) is 0 Å². The number of carbonyl (C=O) groups is 1. The van der Waals surface area contributed by atoms with Crippen molar-refractivity contribution in [1.82, 2.24) is 4.90 Å². The molecule has 0 bridgehead atoms. The molecule has 1 aromatic rings. The molecule has 8 nitrogen and oxygen atoms in total. The van der Waals surface area contributed by atoms with Crippen LogP contribution < -0.4 is 0 Å². The van der Waals surface area contributed by atoms with Gasteiger partial charge in [0.25, 0.3) is 5.69 Å². The Morgan fingerprint density at radius 1 is 1.48 bits per heavy atom. The van der Waals surface area contributed by atoms with Gasteiger partial charge in [-0.25, -0.2) is 13.2 Å².